The lowest BCUT2D eigenvalue weighted by Crippen LogP contribution is -2.09. The fourth-order valence-electron chi connectivity index (χ4n) is 1.91. The zero-order valence-electron chi connectivity index (χ0n) is 11.0. The van der Waals surface area contributed by atoms with Crippen molar-refractivity contribution >= 4 is 11.6 Å². The molecule has 2 rings (SSSR count). The molecule has 3 nitrogen and oxygen atoms in total. The second-order valence-corrected chi connectivity index (χ2v) is 5.21. The summed E-state index contributed by atoms with van der Waals surface area (Å²) in [5.74, 6) is 2.67. The van der Waals surface area contributed by atoms with Crippen LogP contribution in [0.1, 0.15) is 25.2 Å². The molecule has 0 saturated heterocycles. The third-order valence-corrected chi connectivity index (χ3v) is 3.04. The number of aromatic nitrogens is 3. The third kappa shape index (κ3) is 2.72. The van der Waals surface area contributed by atoms with Crippen LogP contribution in [0.5, 0.6) is 0 Å². The zero-order valence-corrected chi connectivity index (χ0v) is 11.8. The van der Waals surface area contributed by atoms with Crippen LogP contribution in [0.2, 0.25) is 0 Å². The van der Waals surface area contributed by atoms with Gasteiger partial charge in [-0.2, -0.15) is 0 Å². The van der Waals surface area contributed by atoms with E-state index in [4.69, 9.17) is 11.6 Å². The number of alkyl halides is 1. The maximum absolute atomic E-state index is 5.92. The summed E-state index contributed by atoms with van der Waals surface area (Å²) in [6.45, 7) is 7.32. The predicted octanol–water partition coefficient (Wildman–Crippen LogP) is 3.65. The molecule has 4 heteroatoms. The summed E-state index contributed by atoms with van der Waals surface area (Å²) in [6, 6.07) is 8.33. The Morgan fingerprint density at radius 3 is 2.39 bits per heavy atom. The fraction of sp³-hybridized carbons (Fsp3) is 0.429. The maximum Gasteiger partial charge on any atom is 0.163 e. The quantitative estimate of drug-likeness (QED) is 0.789. The lowest BCUT2D eigenvalue weighted by atomic mass is 10.1. The number of benzene rings is 1. The summed E-state index contributed by atoms with van der Waals surface area (Å²) >= 11 is 5.92. The minimum absolute atomic E-state index is 0.394. The van der Waals surface area contributed by atoms with Crippen molar-refractivity contribution in [2.75, 3.05) is 0 Å². The Bertz CT molecular complexity index is 514. The molecule has 0 fully saturated rings. The van der Waals surface area contributed by atoms with Crippen LogP contribution in [0.25, 0.3) is 11.4 Å². The minimum atomic E-state index is 0.394. The lowest BCUT2D eigenvalue weighted by Gasteiger charge is -2.11. The summed E-state index contributed by atoms with van der Waals surface area (Å²) in [6.07, 6.45) is 0. The molecule has 0 amide bonds. The molecule has 1 aromatic carbocycles. The molecule has 0 aliphatic heterocycles. The Hall–Kier alpha value is -1.35. The van der Waals surface area contributed by atoms with Gasteiger partial charge in [0.1, 0.15) is 5.82 Å². The molecule has 1 heterocycles. The van der Waals surface area contributed by atoms with E-state index in [1.165, 1.54) is 5.56 Å². The number of hydrogen-bond donors (Lipinski definition) is 0. The van der Waals surface area contributed by atoms with E-state index in [9.17, 15) is 0 Å². The molecule has 18 heavy (non-hydrogen) atoms. The number of rotatable bonds is 4. The molecule has 1 aromatic heterocycles. The predicted molar refractivity (Wildman–Crippen MR) is 74.6 cm³/mol. The molecule has 2 aromatic rings. The van der Waals surface area contributed by atoms with Crippen LogP contribution in [0, 0.1) is 12.8 Å². The van der Waals surface area contributed by atoms with Crippen molar-refractivity contribution in [2.24, 2.45) is 5.92 Å². The SMILES string of the molecule is Cc1ccc(-c2nnc(CCl)n2CC(C)C)cc1. The van der Waals surface area contributed by atoms with Gasteiger partial charge in [-0.1, -0.05) is 43.7 Å². The highest BCUT2D eigenvalue weighted by atomic mass is 35.5. The van der Waals surface area contributed by atoms with E-state index in [2.05, 4.69) is 59.8 Å². The molecular formula is C14H18ClN3. The van der Waals surface area contributed by atoms with Gasteiger partial charge in [0.25, 0.3) is 0 Å². The van der Waals surface area contributed by atoms with Crippen molar-refractivity contribution in [2.45, 2.75) is 33.2 Å². The summed E-state index contributed by atoms with van der Waals surface area (Å²) in [7, 11) is 0. The van der Waals surface area contributed by atoms with Gasteiger partial charge >= 0.3 is 0 Å². The van der Waals surface area contributed by atoms with Gasteiger partial charge in [-0.15, -0.1) is 21.8 Å². The first-order valence-corrected chi connectivity index (χ1v) is 6.70. The van der Waals surface area contributed by atoms with Gasteiger partial charge in [0, 0.05) is 12.1 Å². The average Bonchev–Trinajstić information content (AvgIpc) is 2.72. The highest BCUT2D eigenvalue weighted by Crippen LogP contribution is 2.21. The van der Waals surface area contributed by atoms with Crippen molar-refractivity contribution in [3.8, 4) is 11.4 Å². The number of hydrogen-bond acceptors (Lipinski definition) is 2. The van der Waals surface area contributed by atoms with E-state index in [0.717, 1.165) is 23.8 Å². The molecule has 0 radical (unpaired) electrons. The van der Waals surface area contributed by atoms with E-state index in [1.54, 1.807) is 0 Å². The van der Waals surface area contributed by atoms with Crippen LogP contribution in [0.4, 0.5) is 0 Å². The monoisotopic (exact) mass is 263 g/mol. The maximum atomic E-state index is 5.92. The second kappa shape index (κ2) is 5.53. The topological polar surface area (TPSA) is 30.7 Å². The van der Waals surface area contributed by atoms with Crippen LogP contribution in [0.3, 0.4) is 0 Å². The number of aryl methyl sites for hydroxylation is 1. The van der Waals surface area contributed by atoms with Crippen molar-refractivity contribution in [3.05, 3.63) is 35.7 Å². The van der Waals surface area contributed by atoms with Crippen LogP contribution in [-0.4, -0.2) is 14.8 Å². The van der Waals surface area contributed by atoms with Crippen molar-refractivity contribution in [3.63, 3.8) is 0 Å². The normalized spacial score (nSPS) is 11.2. The van der Waals surface area contributed by atoms with Crippen LogP contribution in [-0.2, 0) is 12.4 Å². The van der Waals surface area contributed by atoms with Gasteiger partial charge in [0.15, 0.2) is 5.82 Å². The van der Waals surface area contributed by atoms with Gasteiger partial charge in [-0.25, -0.2) is 0 Å². The lowest BCUT2D eigenvalue weighted by molar-refractivity contribution is 0.515. The van der Waals surface area contributed by atoms with Gasteiger partial charge in [0.05, 0.1) is 5.88 Å². The highest BCUT2D eigenvalue weighted by Gasteiger charge is 2.13. The molecule has 0 aliphatic rings. The molecule has 0 unspecified atom stereocenters. The van der Waals surface area contributed by atoms with Crippen LogP contribution >= 0.6 is 11.6 Å². The van der Waals surface area contributed by atoms with E-state index < -0.39 is 0 Å². The summed E-state index contributed by atoms with van der Waals surface area (Å²) in [4.78, 5) is 0. The first-order valence-electron chi connectivity index (χ1n) is 6.17. The first-order chi connectivity index (χ1) is 8.61. The van der Waals surface area contributed by atoms with E-state index in [1.807, 2.05) is 0 Å². The summed E-state index contributed by atoms with van der Waals surface area (Å²) < 4.78 is 2.11. The van der Waals surface area contributed by atoms with Gasteiger partial charge in [-0.3, -0.25) is 0 Å². The summed E-state index contributed by atoms with van der Waals surface area (Å²) in [5, 5.41) is 8.44. The smallest absolute Gasteiger partial charge is 0.163 e. The molecule has 0 aliphatic carbocycles. The Balaban J connectivity index is 2.43. The molecule has 96 valence electrons. The molecule has 0 spiro atoms. The Morgan fingerprint density at radius 2 is 1.83 bits per heavy atom. The van der Waals surface area contributed by atoms with Crippen LogP contribution in [0.15, 0.2) is 24.3 Å². The second-order valence-electron chi connectivity index (χ2n) is 4.94. The number of nitrogens with zero attached hydrogens (tertiary/aromatic N) is 3. The van der Waals surface area contributed by atoms with Gasteiger partial charge in [-0.05, 0) is 12.8 Å². The van der Waals surface area contributed by atoms with Crippen molar-refractivity contribution in [1.82, 2.24) is 14.8 Å². The van der Waals surface area contributed by atoms with Crippen molar-refractivity contribution in [1.29, 1.82) is 0 Å². The molecular weight excluding hydrogens is 246 g/mol. The van der Waals surface area contributed by atoms with E-state index >= 15 is 0 Å². The molecule has 0 atom stereocenters. The molecule has 0 saturated carbocycles. The van der Waals surface area contributed by atoms with Gasteiger partial charge in [0.2, 0.25) is 0 Å². The third-order valence-electron chi connectivity index (χ3n) is 2.80. The van der Waals surface area contributed by atoms with Crippen LogP contribution < -0.4 is 0 Å². The number of halogens is 1. The summed E-state index contributed by atoms with van der Waals surface area (Å²) in [5.41, 5.74) is 2.33. The van der Waals surface area contributed by atoms with Gasteiger partial charge < -0.3 is 4.57 Å². The minimum Gasteiger partial charge on any atom is -0.310 e. The highest BCUT2D eigenvalue weighted by molar-refractivity contribution is 6.16. The van der Waals surface area contributed by atoms with E-state index in [-0.39, 0.29) is 0 Å². The fourth-order valence-corrected chi connectivity index (χ4v) is 2.11. The van der Waals surface area contributed by atoms with E-state index in [0.29, 0.717) is 11.8 Å². The molecule has 0 bridgehead atoms. The Labute approximate surface area is 113 Å². The zero-order chi connectivity index (χ0) is 13.1. The largest absolute Gasteiger partial charge is 0.310 e. The first kappa shape index (κ1) is 13.1. The average molecular weight is 264 g/mol. The Morgan fingerprint density at radius 1 is 1.17 bits per heavy atom. The standard InChI is InChI=1S/C14H18ClN3/c1-10(2)9-18-13(8-15)16-17-14(18)12-6-4-11(3)5-7-12/h4-7,10H,8-9H2,1-3H3. The van der Waals surface area contributed by atoms with Crippen molar-refractivity contribution < 1.29 is 0 Å². The Kier molecular flexibility index (Phi) is 4.02. The molecule has 0 N–H and O–H groups in total.